The van der Waals surface area contributed by atoms with E-state index in [0.717, 1.165) is 5.33 Å². The van der Waals surface area contributed by atoms with Crippen LogP contribution in [0.2, 0.25) is 0 Å². The standard InChI is InChI=1S/C2H5Br.CH2O2/c1-2-3;2-1-3/h2H2,1H3;1H,(H,2,3). The van der Waals surface area contributed by atoms with Crippen LogP contribution in [0.3, 0.4) is 0 Å². The molecule has 1 N–H and O–H groups in total. The Labute approximate surface area is 45.3 Å². The van der Waals surface area contributed by atoms with E-state index >= 15 is 0 Å². The van der Waals surface area contributed by atoms with Crippen LogP contribution >= 0.6 is 15.9 Å². The third-order valence-corrected chi connectivity index (χ3v) is 0. The molecule has 0 bridgehead atoms. The van der Waals surface area contributed by atoms with E-state index in [-0.39, 0.29) is 6.47 Å². The van der Waals surface area contributed by atoms with E-state index in [9.17, 15) is 0 Å². The Balaban J connectivity index is 0. The van der Waals surface area contributed by atoms with Gasteiger partial charge in [0.1, 0.15) is 0 Å². The minimum Gasteiger partial charge on any atom is -0.483 e. The minimum absolute atomic E-state index is 0.250. The van der Waals surface area contributed by atoms with Crippen LogP contribution in [0.1, 0.15) is 6.92 Å². The molecular formula is C3H7BrO2. The number of hydrogen-bond acceptors (Lipinski definition) is 1. The average Bonchev–Trinajstić information content (AvgIpc) is 1.39. The zero-order chi connectivity index (χ0) is 5.41. The minimum atomic E-state index is -0.250. The zero-order valence-electron chi connectivity index (χ0n) is 3.52. The molecule has 6 heavy (non-hydrogen) atoms. The van der Waals surface area contributed by atoms with Gasteiger partial charge in [-0.05, 0) is 0 Å². The Hall–Kier alpha value is -0.0500. The Bertz CT molecular complexity index is 22.8. The predicted molar refractivity (Wildman–Crippen MR) is 28.2 cm³/mol. The van der Waals surface area contributed by atoms with Crippen molar-refractivity contribution >= 4 is 22.4 Å². The Morgan fingerprint density at radius 1 is 2.00 bits per heavy atom. The van der Waals surface area contributed by atoms with Crippen molar-refractivity contribution in [3.8, 4) is 0 Å². The molecule has 0 aliphatic rings. The molecular weight excluding hydrogens is 148 g/mol. The number of carbonyl (C=O) groups is 1. The highest BCUT2D eigenvalue weighted by atomic mass is 79.9. The summed E-state index contributed by atoms with van der Waals surface area (Å²) in [6.45, 7) is 1.79. The lowest BCUT2D eigenvalue weighted by molar-refractivity contribution is -0.122. The van der Waals surface area contributed by atoms with Gasteiger partial charge in [0, 0.05) is 5.33 Å². The molecule has 0 aromatic heterocycles. The zero-order valence-corrected chi connectivity index (χ0v) is 5.10. The molecule has 0 rings (SSSR count). The Morgan fingerprint density at radius 2 is 2.00 bits per heavy atom. The van der Waals surface area contributed by atoms with Crippen molar-refractivity contribution < 1.29 is 9.90 Å². The summed E-state index contributed by atoms with van der Waals surface area (Å²) in [5.41, 5.74) is 0. The van der Waals surface area contributed by atoms with E-state index in [0.29, 0.717) is 0 Å². The first-order valence-electron chi connectivity index (χ1n) is 1.47. The van der Waals surface area contributed by atoms with Crippen molar-refractivity contribution in [2.24, 2.45) is 0 Å². The van der Waals surface area contributed by atoms with Gasteiger partial charge in [0.15, 0.2) is 0 Å². The quantitative estimate of drug-likeness (QED) is 0.420. The molecule has 0 aromatic rings. The van der Waals surface area contributed by atoms with Crippen LogP contribution in [-0.4, -0.2) is 16.9 Å². The average molecular weight is 155 g/mol. The van der Waals surface area contributed by atoms with Gasteiger partial charge >= 0.3 is 0 Å². The maximum absolute atomic E-state index is 8.36. The number of carboxylic acid groups (broad SMARTS) is 1. The third-order valence-electron chi connectivity index (χ3n) is 0. The first-order valence-corrected chi connectivity index (χ1v) is 2.59. The van der Waals surface area contributed by atoms with Crippen molar-refractivity contribution in [3.05, 3.63) is 0 Å². The summed E-state index contributed by atoms with van der Waals surface area (Å²) in [4.78, 5) is 8.36. The van der Waals surface area contributed by atoms with Gasteiger partial charge in [0.05, 0.1) is 0 Å². The Kier molecular flexibility index (Phi) is 31.6. The molecule has 0 aromatic carbocycles. The molecule has 3 heteroatoms. The smallest absolute Gasteiger partial charge is 0.290 e. The molecule has 0 aliphatic carbocycles. The van der Waals surface area contributed by atoms with Crippen LogP contribution in [-0.2, 0) is 4.79 Å². The van der Waals surface area contributed by atoms with Gasteiger partial charge in [0.2, 0.25) is 0 Å². The number of halogens is 1. The maximum atomic E-state index is 8.36. The highest BCUT2D eigenvalue weighted by molar-refractivity contribution is 9.09. The summed E-state index contributed by atoms with van der Waals surface area (Å²) in [5, 5.41) is 7.95. The molecule has 0 radical (unpaired) electrons. The van der Waals surface area contributed by atoms with Crippen molar-refractivity contribution in [2.45, 2.75) is 6.92 Å². The molecule has 0 saturated heterocycles. The van der Waals surface area contributed by atoms with Crippen LogP contribution in [0.25, 0.3) is 0 Å². The molecule has 0 saturated carbocycles. The van der Waals surface area contributed by atoms with Gasteiger partial charge in [-0.2, -0.15) is 0 Å². The summed E-state index contributed by atoms with van der Waals surface area (Å²) in [6, 6.07) is 0. The maximum Gasteiger partial charge on any atom is 0.290 e. The number of rotatable bonds is 0. The van der Waals surface area contributed by atoms with Gasteiger partial charge in [-0.3, -0.25) is 4.79 Å². The van der Waals surface area contributed by atoms with Crippen molar-refractivity contribution in [1.29, 1.82) is 0 Å². The van der Waals surface area contributed by atoms with Crippen LogP contribution in [0, 0.1) is 0 Å². The summed E-state index contributed by atoms with van der Waals surface area (Å²) in [7, 11) is 0. The highest BCUT2D eigenvalue weighted by Gasteiger charge is 1.38. The van der Waals surface area contributed by atoms with Crippen molar-refractivity contribution in [1.82, 2.24) is 0 Å². The fourth-order valence-electron chi connectivity index (χ4n) is 0. The predicted octanol–water partition coefficient (Wildman–Crippen LogP) is 1.10. The topological polar surface area (TPSA) is 37.3 Å². The first kappa shape index (κ1) is 9.34. The van der Waals surface area contributed by atoms with Gasteiger partial charge in [-0.1, -0.05) is 22.9 Å². The SMILES string of the molecule is CCBr.O=CO. The molecule has 38 valence electrons. The van der Waals surface area contributed by atoms with E-state index in [1.807, 2.05) is 6.92 Å². The second kappa shape index (κ2) is 20.3. The van der Waals surface area contributed by atoms with Crippen LogP contribution < -0.4 is 0 Å². The molecule has 0 atom stereocenters. The second-order valence-electron chi connectivity index (χ2n) is 0.373. The van der Waals surface area contributed by atoms with E-state index in [1.165, 1.54) is 0 Å². The molecule has 0 amide bonds. The van der Waals surface area contributed by atoms with Gasteiger partial charge < -0.3 is 5.11 Å². The highest BCUT2D eigenvalue weighted by Crippen LogP contribution is 1.67. The van der Waals surface area contributed by atoms with Crippen molar-refractivity contribution in [2.75, 3.05) is 5.33 Å². The van der Waals surface area contributed by atoms with Crippen LogP contribution in [0.4, 0.5) is 0 Å². The molecule has 0 heterocycles. The van der Waals surface area contributed by atoms with Crippen LogP contribution in [0.5, 0.6) is 0 Å². The van der Waals surface area contributed by atoms with Gasteiger partial charge in [-0.25, -0.2) is 0 Å². The largest absolute Gasteiger partial charge is 0.483 e. The molecule has 0 fully saturated rings. The van der Waals surface area contributed by atoms with Crippen molar-refractivity contribution in [3.63, 3.8) is 0 Å². The fraction of sp³-hybridized carbons (Fsp3) is 0.667. The van der Waals surface area contributed by atoms with Gasteiger partial charge in [-0.15, -0.1) is 0 Å². The summed E-state index contributed by atoms with van der Waals surface area (Å²) in [5.74, 6) is 0. The van der Waals surface area contributed by atoms with E-state index in [1.54, 1.807) is 0 Å². The molecule has 0 unspecified atom stereocenters. The molecule has 0 aliphatic heterocycles. The van der Waals surface area contributed by atoms with E-state index in [2.05, 4.69) is 15.9 Å². The lowest BCUT2D eigenvalue weighted by Gasteiger charge is -1.45. The number of alkyl halides is 1. The number of hydrogen-bond donors (Lipinski definition) is 1. The normalized spacial score (nSPS) is 5.00. The van der Waals surface area contributed by atoms with Crippen LogP contribution in [0.15, 0.2) is 0 Å². The summed E-state index contributed by atoms with van der Waals surface area (Å²) < 4.78 is 0. The summed E-state index contributed by atoms with van der Waals surface area (Å²) >= 11 is 3.15. The third kappa shape index (κ3) is 13700. The summed E-state index contributed by atoms with van der Waals surface area (Å²) in [6.07, 6.45) is 0. The fourth-order valence-corrected chi connectivity index (χ4v) is 0. The molecule has 2 nitrogen and oxygen atoms in total. The van der Waals surface area contributed by atoms with E-state index in [4.69, 9.17) is 9.90 Å². The first-order chi connectivity index (χ1) is 2.83. The molecule has 0 spiro atoms. The lowest BCUT2D eigenvalue weighted by Crippen LogP contribution is -1.49. The van der Waals surface area contributed by atoms with Gasteiger partial charge in [0.25, 0.3) is 6.47 Å². The lowest BCUT2D eigenvalue weighted by atomic mass is 11.0. The Morgan fingerprint density at radius 3 is 2.00 bits per heavy atom. The van der Waals surface area contributed by atoms with E-state index < -0.39 is 0 Å². The second-order valence-corrected chi connectivity index (χ2v) is 1.49. The monoisotopic (exact) mass is 154 g/mol.